The molecule has 1 aromatic heterocycles. The van der Waals surface area contributed by atoms with Crippen LogP contribution in [0.4, 0.5) is 18.9 Å². The normalized spacial score (nSPS) is 11.3. The summed E-state index contributed by atoms with van der Waals surface area (Å²) in [4.78, 5) is 12.7. The minimum atomic E-state index is -4.54. The first-order valence-electron chi connectivity index (χ1n) is 8.49. The first-order chi connectivity index (χ1) is 13.2. The predicted molar refractivity (Wildman–Crippen MR) is 104 cm³/mol. The van der Waals surface area contributed by atoms with Gasteiger partial charge in [-0.1, -0.05) is 24.3 Å². The summed E-state index contributed by atoms with van der Waals surface area (Å²) < 4.78 is 45.0. The molecular formula is C21H18F3NO2S. The largest absolute Gasteiger partial charge is 0.489 e. The molecule has 0 spiro atoms. The topological polar surface area (TPSA) is 38.3 Å². The van der Waals surface area contributed by atoms with Crippen LogP contribution in [0.1, 0.15) is 31.9 Å². The van der Waals surface area contributed by atoms with Crippen LogP contribution in [0, 0.1) is 13.8 Å². The number of ether oxygens (including phenoxy) is 1. The Morgan fingerprint density at radius 3 is 2.61 bits per heavy atom. The summed E-state index contributed by atoms with van der Waals surface area (Å²) in [6, 6.07) is 12.4. The highest BCUT2D eigenvalue weighted by Crippen LogP contribution is 2.35. The van der Waals surface area contributed by atoms with E-state index in [1.54, 1.807) is 11.4 Å². The Morgan fingerprint density at radius 2 is 1.86 bits per heavy atom. The van der Waals surface area contributed by atoms with E-state index in [0.29, 0.717) is 4.88 Å². The van der Waals surface area contributed by atoms with Crippen LogP contribution in [0.3, 0.4) is 0 Å². The highest BCUT2D eigenvalue weighted by atomic mass is 32.1. The number of thiophene rings is 1. The Bertz CT molecular complexity index is 995. The summed E-state index contributed by atoms with van der Waals surface area (Å²) in [6.07, 6.45) is -4.54. The molecule has 7 heteroatoms. The lowest BCUT2D eigenvalue weighted by Crippen LogP contribution is -2.15. The molecule has 1 heterocycles. The average Bonchev–Trinajstić information content (AvgIpc) is 3.11. The lowest BCUT2D eigenvalue weighted by atomic mass is 10.1. The van der Waals surface area contributed by atoms with Crippen LogP contribution in [-0.4, -0.2) is 5.91 Å². The number of nitrogens with one attached hydrogen (secondary N) is 1. The Morgan fingerprint density at radius 1 is 1.11 bits per heavy atom. The molecule has 28 heavy (non-hydrogen) atoms. The minimum absolute atomic E-state index is 0.262. The number of carbonyl (C=O) groups is 1. The van der Waals surface area contributed by atoms with Crippen molar-refractivity contribution in [3.05, 3.63) is 81.0 Å². The number of carbonyl (C=O) groups excluding carboxylic acids is 1. The van der Waals surface area contributed by atoms with E-state index < -0.39 is 17.6 Å². The summed E-state index contributed by atoms with van der Waals surface area (Å²) >= 11 is 1.16. The number of hydrogen-bond acceptors (Lipinski definition) is 3. The van der Waals surface area contributed by atoms with E-state index in [9.17, 15) is 18.0 Å². The van der Waals surface area contributed by atoms with Crippen molar-refractivity contribution >= 4 is 22.9 Å². The lowest BCUT2D eigenvalue weighted by molar-refractivity contribution is -0.136. The Hall–Kier alpha value is -2.80. The third kappa shape index (κ3) is 4.72. The second-order valence-electron chi connectivity index (χ2n) is 6.37. The van der Waals surface area contributed by atoms with Gasteiger partial charge in [0, 0.05) is 5.56 Å². The van der Waals surface area contributed by atoms with E-state index in [1.165, 1.54) is 18.2 Å². The van der Waals surface area contributed by atoms with Crippen LogP contribution in [-0.2, 0) is 12.8 Å². The molecule has 1 amide bonds. The summed E-state index contributed by atoms with van der Waals surface area (Å²) in [5.74, 6) is 0.177. The fraction of sp³-hybridized carbons (Fsp3) is 0.190. The number of para-hydroxylation sites is 1. The zero-order valence-electron chi connectivity index (χ0n) is 15.3. The van der Waals surface area contributed by atoms with Crippen molar-refractivity contribution in [2.45, 2.75) is 26.6 Å². The summed E-state index contributed by atoms with van der Waals surface area (Å²) in [6.45, 7) is 4.19. The van der Waals surface area contributed by atoms with Crippen molar-refractivity contribution in [2.75, 3.05) is 5.32 Å². The van der Waals surface area contributed by atoms with Gasteiger partial charge in [0.25, 0.3) is 5.91 Å². The fourth-order valence-electron chi connectivity index (χ4n) is 2.62. The number of halogens is 3. The summed E-state index contributed by atoms with van der Waals surface area (Å²) in [7, 11) is 0. The SMILES string of the molecule is Cc1ccc(C)c(OCc2csc(C(=O)Nc3ccccc3C(F)(F)F)c2)c1. The van der Waals surface area contributed by atoms with Crippen molar-refractivity contribution in [3.63, 3.8) is 0 Å². The van der Waals surface area contributed by atoms with E-state index in [-0.39, 0.29) is 12.3 Å². The van der Waals surface area contributed by atoms with Crippen molar-refractivity contribution < 1.29 is 22.7 Å². The van der Waals surface area contributed by atoms with Crippen molar-refractivity contribution in [2.24, 2.45) is 0 Å². The van der Waals surface area contributed by atoms with Crippen LogP contribution in [0.5, 0.6) is 5.75 Å². The number of alkyl halides is 3. The van der Waals surface area contributed by atoms with E-state index in [4.69, 9.17) is 4.74 Å². The Balaban J connectivity index is 1.69. The van der Waals surface area contributed by atoms with Gasteiger partial charge in [-0.2, -0.15) is 13.2 Å². The Kier molecular flexibility index (Phi) is 5.74. The maximum atomic E-state index is 13.1. The highest BCUT2D eigenvalue weighted by molar-refractivity contribution is 7.12. The van der Waals surface area contributed by atoms with Gasteiger partial charge in [0.05, 0.1) is 16.1 Å². The molecule has 3 aromatic rings. The summed E-state index contributed by atoms with van der Waals surface area (Å²) in [5.41, 5.74) is 1.72. The fourth-order valence-corrected chi connectivity index (χ4v) is 3.41. The van der Waals surface area contributed by atoms with Gasteiger partial charge < -0.3 is 10.1 Å². The smallest absolute Gasteiger partial charge is 0.418 e. The van der Waals surface area contributed by atoms with Crippen LogP contribution in [0.25, 0.3) is 0 Å². The van der Waals surface area contributed by atoms with Gasteiger partial charge in [0.15, 0.2) is 0 Å². The predicted octanol–water partition coefficient (Wildman–Crippen LogP) is 6.22. The monoisotopic (exact) mass is 405 g/mol. The number of anilines is 1. The quantitative estimate of drug-likeness (QED) is 0.548. The van der Waals surface area contributed by atoms with Crippen LogP contribution >= 0.6 is 11.3 Å². The minimum Gasteiger partial charge on any atom is -0.489 e. The number of benzene rings is 2. The van der Waals surface area contributed by atoms with Gasteiger partial charge in [0.2, 0.25) is 0 Å². The van der Waals surface area contributed by atoms with Gasteiger partial charge in [-0.05, 0) is 54.6 Å². The first kappa shape index (κ1) is 19.9. The van der Waals surface area contributed by atoms with Crippen LogP contribution in [0.2, 0.25) is 0 Å². The second-order valence-corrected chi connectivity index (χ2v) is 7.29. The molecule has 3 nitrogen and oxygen atoms in total. The standard InChI is InChI=1S/C21H18F3NO2S/c1-13-7-8-14(2)18(9-13)27-11-15-10-19(28-12-15)20(26)25-17-6-4-3-5-16(17)21(22,23)24/h3-10,12H,11H2,1-2H3,(H,25,26). The highest BCUT2D eigenvalue weighted by Gasteiger charge is 2.33. The molecule has 3 rings (SSSR count). The first-order valence-corrected chi connectivity index (χ1v) is 9.37. The van der Waals surface area contributed by atoms with Crippen LogP contribution < -0.4 is 10.1 Å². The van der Waals surface area contributed by atoms with Crippen molar-refractivity contribution in [1.82, 2.24) is 0 Å². The molecule has 0 radical (unpaired) electrons. The molecule has 0 aliphatic heterocycles. The third-order valence-electron chi connectivity index (χ3n) is 4.10. The molecule has 1 N–H and O–H groups in total. The number of hydrogen-bond donors (Lipinski definition) is 1. The van der Waals surface area contributed by atoms with E-state index in [0.717, 1.165) is 39.8 Å². The van der Waals surface area contributed by atoms with Gasteiger partial charge in [0.1, 0.15) is 12.4 Å². The lowest BCUT2D eigenvalue weighted by Gasteiger charge is -2.12. The zero-order chi connectivity index (χ0) is 20.3. The van der Waals surface area contributed by atoms with Crippen molar-refractivity contribution in [1.29, 1.82) is 0 Å². The molecule has 0 bridgehead atoms. The number of rotatable bonds is 5. The molecule has 0 aliphatic rings. The zero-order valence-corrected chi connectivity index (χ0v) is 16.1. The molecular weight excluding hydrogens is 387 g/mol. The number of amides is 1. The Labute approximate surface area is 164 Å². The van der Waals surface area contributed by atoms with Crippen molar-refractivity contribution in [3.8, 4) is 5.75 Å². The molecule has 2 aromatic carbocycles. The molecule has 0 fully saturated rings. The van der Waals surface area contributed by atoms with E-state index in [2.05, 4.69) is 5.32 Å². The maximum absolute atomic E-state index is 13.1. The molecule has 0 unspecified atom stereocenters. The molecule has 146 valence electrons. The average molecular weight is 405 g/mol. The summed E-state index contributed by atoms with van der Waals surface area (Å²) in [5, 5.41) is 4.11. The molecule has 0 saturated heterocycles. The maximum Gasteiger partial charge on any atom is 0.418 e. The van der Waals surface area contributed by atoms with E-state index in [1.807, 2.05) is 32.0 Å². The van der Waals surface area contributed by atoms with Gasteiger partial charge in [-0.15, -0.1) is 11.3 Å². The van der Waals surface area contributed by atoms with Crippen LogP contribution in [0.15, 0.2) is 53.9 Å². The second kappa shape index (κ2) is 8.06. The molecule has 0 atom stereocenters. The van der Waals surface area contributed by atoms with Gasteiger partial charge >= 0.3 is 6.18 Å². The van der Waals surface area contributed by atoms with Gasteiger partial charge in [-0.3, -0.25) is 4.79 Å². The van der Waals surface area contributed by atoms with Gasteiger partial charge in [-0.25, -0.2) is 0 Å². The number of aryl methyl sites for hydroxylation is 2. The third-order valence-corrected chi connectivity index (χ3v) is 5.07. The molecule has 0 aliphatic carbocycles. The molecule has 0 saturated carbocycles. The van der Waals surface area contributed by atoms with E-state index >= 15 is 0 Å².